The van der Waals surface area contributed by atoms with Crippen molar-refractivity contribution in [2.45, 2.75) is 172 Å². The molecule has 0 atom stereocenters. The Morgan fingerprint density at radius 3 is 1.17 bits per heavy atom. The molecule has 0 saturated carbocycles. The maximum atomic E-state index is 13.1. The number of aliphatic hydroxyl groups is 1. The van der Waals surface area contributed by atoms with Gasteiger partial charge >= 0.3 is 17.7 Å². The summed E-state index contributed by atoms with van der Waals surface area (Å²) >= 11 is 9.28. The molecule has 6 aromatic heterocycles. The van der Waals surface area contributed by atoms with Gasteiger partial charge in [-0.3, -0.25) is 9.59 Å². The van der Waals surface area contributed by atoms with Crippen LogP contribution in [0.3, 0.4) is 0 Å². The van der Waals surface area contributed by atoms with Gasteiger partial charge in [0.15, 0.2) is 28.3 Å². The number of ketones is 2. The number of aromatic nitrogens is 8. The van der Waals surface area contributed by atoms with Gasteiger partial charge in [-0.05, 0) is 176 Å². The number of allylic oxidation sites excluding steroid dienone is 6. The number of rotatable bonds is 14. The van der Waals surface area contributed by atoms with Gasteiger partial charge in [0.2, 0.25) is 22.5 Å². The highest BCUT2D eigenvalue weighted by Gasteiger charge is 2.39. The lowest BCUT2D eigenvalue weighted by molar-refractivity contribution is -0.679. The number of para-hydroxylation sites is 16. The predicted octanol–water partition coefficient (Wildman–Crippen LogP) is 23.4. The second-order valence-electron chi connectivity index (χ2n) is 27.5. The van der Waals surface area contributed by atoms with Crippen LogP contribution >= 0.6 is 57.8 Å². The number of oxazole rings is 4. The average Bonchev–Trinajstić information content (AvgIpc) is 1.64. The van der Waals surface area contributed by atoms with Crippen LogP contribution in [0.5, 0.6) is 0 Å². The van der Waals surface area contributed by atoms with Crippen molar-refractivity contribution in [3.8, 4) is 0 Å². The summed E-state index contributed by atoms with van der Waals surface area (Å²) in [6, 6.07) is 64.8. The molecule has 0 radical (unpaired) electrons. The molecule has 636 valence electrons. The number of nitrogens with zero attached hydrogens (tertiary/aromatic N) is 12. The predicted molar refractivity (Wildman–Crippen MR) is 520 cm³/mol. The Bertz CT molecular complexity index is 5680. The summed E-state index contributed by atoms with van der Waals surface area (Å²) in [7, 11) is 0. The van der Waals surface area contributed by atoms with E-state index < -0.39 is 0 Å². The fraction of sp³-hybridized carbons (Fsp3) is 0.313. The molecule has 121 heavy (non-hydrogen) atoms. The Morgan fingerprint density at radius 2 is 0.752 bits per heavy atom. The topological polar surface area (TPSA) is 171 Å². The molecule has 0 amide bonds. The molecule has 0 saturated heterocycles. The molecule has 1 N–H and O–H groups in total. The maximum absolute atomic E-state index is 13.1. The molecule has 0 spiro atoms. The fourth-order valence-electron chi connectivity index (χ4n) is 15.5. The van der Waals surface area contributed by atoms with Crippen LogP contribution in [-0.2, 0) is 48.9 Å². The van der Waals surface area contributed by atoms with Crippen LogP contribution in [0.25, 0.3) is 78.6 Å². The van der Waals surface area contributed by atoms with Gasteiger partial charge in [0.1, 0.15) is 48.4 Å². The van der Waals surface area contributed by atoms with Crippen molar-refractivity contribution in [2.75, 3.05) is 54.6 Å². The van der Waals surface area contributed by atoms with Crippen LogP contribution in [0.2, 0.25) is 0 Å². The highest BCUT2D eigenvalue weighted by Crippen LogP contribution is 2.45. The Balaban J connectivity index is 0.000000188. The van der Waals surface area contributed by atoms with E-state index in [4.69, 9.17) is 30.3 Å². The van der Waals surface area contributed by atoms with Gasteiger partial charge < -0.3 is 46.9 Å². The molecule has 4 aliphatic rings. The first-order valence-corrected chi connectivity index (χ1v) is 44.5. The molecule has 2 aliphatic carbocycles. The number of carbonyl (C=O) groups is 2. The molecule has 0 fully saturated rings. The summed E-state index contributed by atoms with van der Waals surface area (Å²) in [5.74, 6) is 7.08. The quantitative estimate of drug-likeness (QED) is 0.0347. The van der Waals surface area contributed by atoms with E-state index in [9.17, 15) is 14.7 Å². The third-order valence-electron chi connectivity index (χ3n) is 20.8. The van der Waals surface area contributed by atoms with Crippen LogP contribution in [-0.4, -0.2) is 70.8 Å². The summed E-state index contributed by atoms with van der Waals surface area (Å²) in [6.45, 7) is 42.1. The molecular formula is C99H122I2N12O7S+4. The van der Waals surface area contributed by atoms with Crippen LogP contribution in [0.1, 0.15) is 141 Å². The summed E-state index contributed by atoms with van der Waals surface area (Å²) < 4.78 is 38.4. The standard InChI is InChI=1S/C26H25N3O3.C26H25N3O2S.C12H17N2.C10H12N2.C10H12NO.C8H7NO.2C2H5I.3CH4/c1-4-27-19-11-7-8-12-20(19)28(5-2)23(27)15-17-25(30)18(26(17)31)16-24-29(6-3)21-13-9-10-14-22(21)32-24;1-4-27-19-11-7-8-12-20(19)28(5-2)23(27)15-17-25(30)18(26(17)32)16-24-29(6-3)21-13-9-10-14-22(21)31-24;1-4-13-10(3)14(5-2)12-9-7-6-8-11(12)13;1-3-12-8(2)11-9-6-4-5-7-10(9)12;1-3-11-8(2)12-10-7-5-4-6-9(10)11;1-6-9-7-4-2-3-5-8(7)10-6;2*1-2-3;;;/h2*7-16H,4-6H2,1-3H3;6-9H,4-5H2,1-3H3;2*4-7H,3H2,1-2H3;2-5H,1H3;2*2H2,1H3;3*1H4/q;;+1;;+1;;;;;;/p+2. The SMILES string of the molecule is C.C.C.CCI.CCI.CCN1C(=CC2=C(O)/C(=C\c3oc4ccccc4[n+]3CC)C2=O)N(CC)c2ccccc21.CCN1C(=CC2=C(S)/C(=C\c3oc4ccccc4[n+]3CC)C2=O)N(CC)c2ccccc21.CC[n+]1c(C)oc2ccccc21.CCn1c(C)[n+](CC)c2ccccc21.CCn1c(C)nc2ccccc21.Cc1nc2ccccc2o1. The zero-order chi connectivity index (χ0) is 84.4. The van der Waals surface area contributed by atoms with Crippen LogP contribution in [0, 0.1) is 27.7 Å². The van der Waals surface area contributed by atoms with E-state index in [0.717, 1.165) is 144 Å². The van der Waals surface area contributed by atoms with Gasteiger partial charge in [0, 0.05) is 80.8 Å². The van der Waals surface area contributed by atoms with Crippen molar-refractivity contribution in [1.29, 1.82) is 0 Å². The number of alkyl halides is 2. The maximum Gasteiger partial charge on any atom is 0.374 e. The minimum Gasteiger partial charge on any atom is -0.506 e. The molecular weight excluding hydrogens is 1760 g/mol. The van der Waals surface area contributed by atoms with E-state index in [-0.39, 0.29) is 45.2 Å². The number of hydrogen-bond acceptors (Lipinski definition) is 14. The Morgan fingerprint density at radius 1 is 0.388 bits per heavy atom. The minimum atomic E-state index is -0.179. The first kappa shape index (κ1) is 95.6. The highest BCUT2D eigenvalue weighted by atomic mass is 127. The Hall–Kier alpha value is -10.8. The number of fused-ring (bicyclic) bond motifs is 8. The Kier molecular flexibility index (Phi) is 35.3. The number of benzene rings is 8. The van der Waals surface area contributed by atoms with E-state index in [0.29, 0.717) is 40.0 Å². The summed E-state index contributed by atoms with van der Waals surface area (Å²) in [4.78, 5) is 44.3. The van der Waals surface area contributed by atoms with E-state index in [1.165, 1.54) is 48.1 Å². The Labute approximate surface area is 747 Å². The van der Waals surface area contributed by atoms with Crippen molar-refractivity contribution >= 4 is 171 Å². The molecule has 2 aliphatic heterocycles. The summed E-state index contributed by atoms with van der Waals surface area (Å²) in [6.07, 6.45) is 7.23. The van der Waals surface area contributed by atoms with Crippen LogP contribution in [0.15, 0.2) is 269 Å². The van der Waals surface area contributed by atoms with Crippen molar-refractivity contribution in [1.82, 2.24) is 19.1 Å². The van der Waals surface area contributed by atoms with Crippen molar-refractivity contribution < 1.29 is 50.6 Å². The lowest BCUT2D eigenvalue weighted by atomic mass is 9.87. The minimum absolute atomic E-state index is 0. The van der Waals surface area contributed by atoms with Crippen molar-refractivity contribution in [3.05, 3.63) is 286 Å². The molecule has 19 nitrogen and oxygen atoms in total. The first-order valence-electron chi connectivity index (χ1n) is 41.0. The van der Waals surface area contributed by atoms with Gasteiger partial charge in [-0.1, -0.05) is 178 Å². The molecule has 18 rings (SSSR count). The van der Waals surface area contributed by atoms with E-state index in [1.54, 1.807) is 12.2 Å². The van der Waals surface area contributed by atoms with E-state index in [2.05, 4.69) is 253 Å². The first-order chi connectivity index (χ1) is 57.3. The molecule has 0 bridgehead atoms. The van der Waals surface area contributed by atoms with E-state index in [1.807, 2.05) is 166 Å². The highest BCUT2D eigenvalue weighted by molar-refractivity contribution is 14.1. The van der Waals surface area contributed by atoms with Gasteiger partial charge in [0.05, 0.1) is 77.1 Å². The van der Waals surface area contributed by atoms with Crippen molar-refractivity contribution in [3.63, 3.8) is 0 Å². The number of carbonyl (C=O) groups excluding carboxylic acids is 2. The molecule has 0 unspecified atom stereocenters. The number of hydrogen-bond donors (Lipinski definition) is 2. The smallest absolute Gasteiger partial charge is 0.374 e. The third-order valence-corrected chi connectivity index (χ3v) is 21.3. The van der Waals surface area contributed by atoms with Gasteiger partial charge in [-0.15, -0.1) is 12.6 Å². The normalized spacial score (nSPS) is 13.5. The monoisotopic (exact) mass is 1880 g/mol. The summed E-state index contributed by atoms with van der Waals surface area (Å²) in [5.41, 5.74) is 18.9. The molecule has 8 heterocycles. The van der Waals surface area contributed by atoms with Crippen LogP contribution in [0.4, 0.5) is 22.7 Å². The van der Waals surface area contributed by atoms with Crippen molar-refractivity contribution in [2.24, 2.45) is 0 Å². The number of anilines is 4. The van der Waals surface area contributed by atoms with Gasteiger partial charge in [-0.2, -0.15) is 13.7 Å². The summed E-state index contributed by atoms with van der Waals surface area (Å²) in [5, 5.41) is 10.8. The third kappa shape index (κ3) is 20.2. The second kappa shape index (κ2) is 44.6. The lowest BCUT2D eigenvalue weighted by Crippen LogP contribution is -2.34. The average molecular weight is 1880 g/mol. The lowest BCUT2D eigenvalue weighted by Gasteiger charge is -2.26. The number of aliphatic hydroxyl groups excluding tert-OH is 1. The molecule has 22 heteroatoms. The second-order valence-corrected chi connectivity index (χ2v) is 31.0. The van der Waals surface area contributed by atoms with E-state index >= 15 is 0 Å². The number of thiol groups is 1. The zero-order valence-electron chi connectivity index (χ0n) is 70.7. The molecule has 14 aromatic rings. The largest absolute Gasteiger partial charge is 0.506 e. The van der Waals surface area contributed by atoms with Gasteiger partial charge in [-0.25, -0.2) is 19.1 Å². The molecule has 8 aromatic carbocycles. The van der Waals surface area contributed by atoms with Crippen LogP contribution < -0.4 is 37.9 Å². The number of imidazole rings is 2. The van der Waals surface area contributed by atoms with Gasteiger partial charge in [0.25, 0.3) is 22.4 Å². The zero-order valence-corrected chi connectivity index (χ0v) is 75.9. The fourth-order valence-corrected chi connectivity index (χ4v) is 15.8. The number of Topliss-reactive ketones (excluding diaryl/α,β-unsaturated/α-hetero) is 2. The number of aryl methyl sites for hydroxylation is 9. The number of halogens is 2.